The van der Waals surface area contributed by atoms with E-state index in [9.17, 15) is 13.2 Å². The van der Waals surface area contributed by atoms with E-state index in [1.54, 1.807) is 32.8 Å². The Morgan fingerprint density at radius 1 is 1.31 bits per heavy atom. The van der Waals surface area contributed by atoms with Crippen molar-refractivity contribution in [2.24, 2.45) is 0 Å². The number of nitrogens with zero attached hydrogens (tertiary/aromatic N) is 4. The summed E-state index contributed by atoms with van der Waals surface area (Å²) >= 11 is 0. The number of benzene rings is 1. The number of aromatic nitrogens is 2. The van der Waals surface area contributed by atoms with E-state index in [4.69, 9.17) is 4.74 Å². The van der Waals surface area contributed by atoms with Gasteiger partial charge in [-0.1, -0.05) is 6.92 Å². The minimum Gasteiger partial charge on any atom is -0.497 e. The van der Waals surface area contributed by atoms with Gasteiger partial charge in [-0.15, -0.1) is 0 Å². The van der Waals surface area contributed by atoms with Gasteiger partial charge in [0.1, 0.15) is 17.2 Å². The van der Waals surface area contributed by atoms with Crippen LogP contribution in [0.4, 0.5) is 5.69 Å². The Morgan fingerprint density at radius 2 is 2.03 bits per heavy atom. The number of rotatable bonds is 6. The normalized spacial score (nSPS) is 14.2. The van der Waals surface area contributed by atoms with E-state index in [0.717, 1.165) is 29.8 Å². The maximum absolute atomic E-state index is 13.1. The summed E-state index contributed by atoms with van der Waals surface area (Å²) in [5.74, 6) is 0.654. The monoisotopic (exact) mass is 420 g/mol. The minimum atomic E-state index is -3.64. The highest BCUT2D eigenvalue weighted by Crippen LogP contribution is 2.31. The fourth-order valence-corrected chi connectivity index (χ4v) is 5.25. The molecular weight excluding hydrogens is 392 g/mol. The van der Waals surface area contributed by atoms with Crippen molar-refractivity contribution < 1.29 is 17.9 Å². The van der Waals surface area contributed by atoms with Gasteiger partial charge in [0.15, 0.2) is 0 Å². The molecule has 3 rings (SSSR count). The Bertz CT molecular complexity index is 1030. The molecule has 0 aliphatic carbocycles. The van der Waals surface area contributed by atoms with Gasteiger partial charge in [0.2, 0.25) is 15.9 Å². The fourth-order valence-electron chi connectivity index (χ4n) is 3.71. The van der Waals surface area contributed by atoms with E-state index in [1.165, 1.54) is 16.0 Å². The largest absolute Gasteiger partial charge is 0.497 e. The van der Waals surface area contributed by atoms with Crippen LogP contribution in [0, 0.1) is 13.8 Å². The van der Waals surface area contributed by atoms with Gasteiger partial charge in [0.05, 0.1) is 18.5 Å². The lowest BCUT2D eigenvalue weighted by molar-refractivity contribution is -0.119. The number of hydrogen-bond acceptors (Lipinski definition) is 5. The first-order valence-electron chi connectivity index (χ1n) is 9.68. The Labute approximate surface area is 172 Å². The lowest BCUT2D eigenvalue weighted by atomic mass is 10.0. The molecule has 0 radical (unpaired) electrons. The number of carbonyl (C=O) groups is 1. The van der Waals surface area contributed by atoms with E-state index in [-0.39, 0.29) is 17.3 Å². The molecule has 0 N–H and O–H groups in total. The average Bonchev–Trinajstić information content (AvgIpc) is 2.99. The molecular formula is C20H28N4O4S. The molecule has 1 aliphatic heterocycles. The molecule has 0 fully saturated rings. The summed E-state index contributed by atoms with van der Waals surface area (Å²) in [7, 11) is -0.475. The third kappa shape index (κ3) is 3.89. The molecule has 1 aliphatic rings. The van der Waals surface area contributed by atoms with Crippen LogP contribution in [0.5, 0.6) is 5.75 Å². The minimum absolute atomic E-state index is 0.0104. The van der Waals surface area contributed by atoms with Gasteiger partial charge < -0.3 is 9.64 Å². The zero-order valence-electron chi connectivity index (χ0n) is 17.6. The van der Waals surface area contributed by atoms with Crippen LogP contribution in [0.1, 0.15) is 30.3 Å². The highest BCUT2D eigenvalue weighted by molar-refractivity contribution is 7.89. The van der Waals surface area contributed by atoms with Crippen molar-refractivity contribution in [2.75, 3.05) is 32.1 Å². The molecule has 2 aromatic rings. The Hall–Kier alpha value is -2.39. The topological polar surface area (TPSA) is 84.7 Å². The summed E-state index contributed by atoms with van der Waals surface area (Å²) in [5.41, 5.74) is 2.83. The van der Waals surface area contributed by atoms with Crippen LogP contribution >= 0.6 is 0 Å². The molecule has 0 saturated heterocycles. The summed E-state index contributed by atoms with van der Waals surface area (Å²) in [5, 5.41) is 4.35. The number of sulfonamides is 1. The second kappa shape index (κ2) is 8.16. The third-order valence-electron chi connectivity index (χ3n) is 5.42. The first-order chi connectivity index (χ1) is 13.7. The van der Waals surface area contributed by atoms with Gasteiger partial charge in [0, 0.05) is 25.8 Å². The molecule has 0 saturated carbocycles. The average molecular weight is 421 g/mol. The van der Waals surface area contributed by atoms with E-state index in [1.807, 2.05) is 18.2 Å². The SMILES string of the molecule is CCN(C)S(=O)(=O)c1c(C)nn(CC(=O)N2CCCc3cc(OC)ccc32)c1C. The third-order valence-corrected chi connectivity index (χ3v) is 7.61. The number of ether oxygens (including phenoxy) is 1. The van der Waals surface area contributed by atoms with Crippen LogP contribution in [0.3, 0.4) is 0 Å². The number of anilines is 1. The quantitative estimate of drug-likeness (QED) is 0.715. The number of amides is 1. The molecule has 0 bridgehead atoms. The van der Waals surface area contributed by atoms with Gasteiger partial charge in [0.25, 0.3) is 0 Å². The number of carbonyl (C=O) groups excluding carboxylic acids is 1. The van der Waals surface area contributed by atoms with Crippen molar-refractivity contribution in [1.82, 2.24) is 14.1 Å². The maximum atomic E-state index is 13.1. The molecule has 1 amide bonds. The zero-order valence-corrected chi connectivity index (χ0v) is 18.4. The van der Waals surface area contributed by atoms with Crippen LogP contribution in [0.15, 0.2) is 23.1 Å². The van der Waals surface area contributed by atoms with Crippen LogP contribution < -0.4 is 9.64 Å². The number of hydrogen-bond donors (Lipinski definition) is 0. The summed E-state index contributed by atoms with van der Waals surface area (Å²) in [4.78, 5) is 15.0. The van der Waals surface area contributed by atoms with Crippen LogP contribution in [0.25, 0.3) is 0 Å². The number of fused-ring (bicyclic) bond motifs is 1. The molecule has 8 nitrogen and oxygen atoms in total. The maximum Gasteiger partial charge on any atom is 0.248 e. The fraction of sp³-hybridized carbons (Fsp3) is 0.500. The number of aryl methyl sites for hydroxylation is 2. The van der Waals surface area contributed by atoms with E-state index < -0.39 is 10.0 Å². The lowest BCUT2D eigenvalue weighted by Crippen LogP contribution is -2.38. The first kappa shape index (κ1) is 21.3. The zero-order chi connectivity index (χ0) is 21.3. The molecule has 158 valence electrons. The van der Waals surface area contributed by atoms with Crippen molar-refractivity contribution in [1.29, 1.82) is 0 Å². The molecule has 1 aromatic carbocycles. The predicted molar refractivity (Wildman–Crippen MR) is 111 cm³/mol. The Kier molecular flexibility index (Phi) is 6.00. The van der Waals surface area contributed by atoms with Gasteiger partial charge in [-0.05, 0) is 50.5 Å². The van der Waals surface area contributed by atoms with E-state index >= 15 is 0 Å². The summed E-state index contributed by atoms with van der Waals surface area (Å²) < 4.78 is 33.6. The van der Waals surface area contributed by atoms with Gasteiger partial charge in [-0.3, -0.25) is 9.48 Å². The highest BCUT2D eigenvalue weighted by atomic mass is 32.2. The summed E-state index contributed by atoms with van der Waals surface area (Å²) in [6, 6.07) is 5.71. The molecule has 2 heterocycles. The van der Waals surface area contributed by atoms with Crippen molar-refractivity contribution in [3.05, 3.63) is 35.2 Å². The van der Waals surface area contributed by atoms with Gasteiger partial charge in [-0.25, -0.2) is 12.7 Å². The summed E-state index contributed by atoms with van der Waals surface area (Å²) in [6.07, 6.45) is 1.76. The van der Waals surface area contributed by atoms with Gasteiger partial charge in [-0.2, -0.15) is 5.10 Å². The molecule has 0 spiro atoms. The second-order valence-corrected chi connectivity index (χ2v) is 9.20. The Morgan fingerprint density at radius 3 is 2.69 bits per heavy atom. The van der Waals surface area contributed by atoms with Crippen molar-refractivity contribution >= 4 is 21.6 Å². The molecule has 1 aromatic heterocycles. The standard InChI is InChI=1S/C20H28N4O4S/c1-6-22(4)29(26,27)20-14(2)21-24(15(20)3)13-19(25)23-11-7-8-16-12-17(28-5)9-10-18(16)23/h9-10,12H,6-8,11,13H2,1-5H3. The lowest BCUT2D eigenvalue weighted by Gasteiger charge is -2.30. The van der Waals surface area contributed by atoms with Crippen molar-refractivity contribution in [3.63, 3.8) is 0 Å². The highest BCUT2D eigenvalue weighted by Gasteiger charge is 2.29. The smallest absolute Gasteiger partial charge is 0.248 e. The number of methoxy groups -OCH3 is 1. The van der Waals surface area contributed by atoms with Crippen LogP contribution in [-0.2, 0) is 27.8 Å². The molecule has 9 heteroatoms. The van der Waals surface area contributed by atoms with E-state index in [2.05, 4.69) is 5.10 Å². The van der Waals surface area contributed by atoms with Crippen LogP contribution in [-0.4, -0.2) is 55.7 Å². The van der Waals surface area contributed by atoms with Crippen molar-refractivity contribution in [2.45, 2.75) is 45.1 Å². The van der Waals surface area contributed by atoms with E-state index in [0.29, 0.717) is 24.5 Å². The first-order valence-corrected chi connectivity index (χ1v) is 11.1. The van der Waals surface area contributed by atoms with Gasteiger partial charge >= 0.3 is 0 Å². The molecule has 0 unspecified atom stereocenters. The second-order valence-electron chi connectivity index (χ2n) is 7.22. The van der Waals surface area contributed by atoms with Crippen LogP contribution in [0.2, 0.25) is 0 Å². The predicted octanol–water partition coefficient (Wildman–Crippen LogP) is 2.13. The Balaban J connectivity index is 1.89. The summed E-state index contributed by atoms with van der Waals surface area (Å²) in [6.45, 7) is 6.11. The van der Waals surface area contributed by atoms with Crippen molar-refractivity contribution in [3.8, 4) is 5.75 Å². The molecule has 29 heavy (non-hydrogen) atoms. The molecule has 0 atom stereocenters.